The van der Waals surface area contributed by atoms with Crippen LogP contribution in [0.3, 0.4) is 0 Å². The number of para-hydroxylation sites is 1. The van der Waals surface area contributed by atoms with Crippen molar-refractivity contribution in [2.45, 2.75) is 6.42 Å². The molecule has 0 fully saturated rings. The van der Waals surface area contributed by atoms with Crippen LogP contribution in [0.25, 0.3) is 10.9 Å². The van der Waals surface area contributed by atoms with Gasteiger partial charge < -0.3 is 15.0 Å². The lowest BCUT2D eigenvalue weighted by Gasteiger charge is -2.15. The van der Waals surface area contributed by atoms with E-state index in [-0.39, 0.29) is 0 Å². The summed E-state index contributed by atoms with van der Waals surface area (Å²) in [6.45, 7) is 0.762. The van der Waals surface area contributed by atoms with Crippen molar-refractivity contribution < 1.29 is 4.74 Å². The number of ether oxygens (including phenoxy) is 1. The number of methoxy groups -OCH3 is 1. The second kappa shape index (κ2) is 7.17. The van der Waals surface area contributed by atoms with Crippen molar-refractivity contribution in [2.24, 2.45) is 0 Å². The first-order chi connectivity index (χ1) is 11.7. The number of benzene rings is 2. The second-order valence-corrected chi connectivity index (χ2v) is 5.81. The van der Waals surface area contributed by atoms with E-state index in [1.54, 1.807) is 7.11 Å². The summed E-state index contributed by atoms with van der Waals surface area (Å²) in [5.41, 5.74) is 2.16. The maximum absolute atomic E-state index is 5.26. The molecular weight excluding hydrogens is 300 g/mol. The Hall–Kier alpha value is -2.82. The lowest BCUT2D eigenvalue weighted by Crippen LogP contribution is -2.14. The van der Waals surface area contributed by atoms with Crippen LogP contribution in [0.4, 0.5) is 11.8 Å². The van der Waals surface area contributed by atoms with Gasteiger partial charge in [-0.15, -0.1) is 0 Å². The number of rotatable bonds is 6. The van der Waals surface area contributed by atoms with Gasteiger partial charge in [0.25, 0.3) is 0 Å². The summed E-state index contributed by atoms with van der Waals surface area (Å²) in [6.07, 6.45) is 0.880. The lowest BCUT2D eigenvalue weighted by molar-refractivity contribution is 0.414. The van der Waals surface area contributed by atoms with Gasteiger partial charge in [0.05, 0.1) is 12.6 Å². The normalized spacial score (nSPS) is 10.6. The Morgan fingerprint density at radius 3 is 2.67 bits per heavy atom. The molecule has 3 aromatic rings. The molecule has 0 radical (unpaired) electrons. The summed E-state index contributed by atoms with van der Waals surface area (Å²) in [4.78, 5) is 11.3. The highest BCUT2D eigenvalue weighted by Crippen LogP contribution is 2.23. The highest BCUT2D eigenvalue weighted by molar-refractivity contribution is 5.90. The van der Waals surface area contributed by atoms with Crippen molar-refractivity contribution in [3.05, 3.63) is 54.1 Å². The third kappa shape index (κ3) is 3.56. The summed E-state index contributed by atoms with van der Waals surface area (Å²) in [6, 6.07) is 16.2. The molecule has 2 aromatic carbocycles. The van der Waals surface area contributed by atoms with Crippen LogP contribution in [0.5, 0.6) is 5.75 Å². The molecule has 0 amide bonds. The predicted molar refractivity (Wildman–Crippen MR) is 99.1 cm³/mol. The summed E-state index contributed by atoms with van der Waals surface area (Å²) in [5.74, 6) is 2.45. The zero-order valence-electron chi connectivity index (χ0n) is 14.3. The van der Waals surface area contributed by atoms with E-state index in [2.05, 4.69) is 21.4 Å². The van der Waals surface area contributed by atoms with E-state index in [9.17, 15) is 0 Å². The van der Waals surface area contributed by atoms with E-state index in [1.165, 1.54) is 5.56 Å². The summed E-state index contributed by atoms with van der Waals surface area (Å²) < 4.78 is 5.26. The van der Waals surface area contributed by atoms with Gasteiger partial charge in [0.1, 0.15) is 11.6 Å². The standard InChI is InChI=1S/C19H22N4O/c1-23(2)18-16-9-4-5-10-17(16)21-19(22-18)20-12-11-14-7-6-8-15(13-14)24-3/h4-10,13H,11-12H2,1-3H3,(H,20,21,22). The van der Waals surface area contributed by atoms with E-state index in [4.69, 9.17) is 4.74 Å². The van der Waals surface area contributed by atoms with E-state index >= 15 is 0 Å². The molecule has 5 heteroatoms. The molecule has 0 atom stereocenters. The molecule has 0 aliphatic heterocycles. The van der Waals surface area contributed by atoms with Crippen molar-refractivity contribution in [1.29, 1.82) is 0 Å². The van der Waals surface area contributed by atoms with Crippen molar-refractivity contribution in [3.8, 4) is 5.75 Å². The van der Waals surface area contributed by atoms with Gasteiger partial charge in [0.2, 0.25) is 5.95 Å². The van der Waals surface area contributed by atoms with Crippen LogP contribution in [-0.2, 0) is 6.42 Å². The molecular formula is C19H22N4O. The minimum atomic E-state index is 0.653. The Morgan fingerprint density at radius 1 is 1.04 bits per heavy atom. The van der Waals surface area contributed by atoms with Gasteiger partial charge in [-0.05, 0) is 36.2 Å². The maximum atomic E-state index is 5.26. The fourth-order valence-corrected chi connectivity index (χ4v) is 2.63. The molecule has 1 heterocycles. The number of fused-ring (bicyclic) bond motifs is 1. The fourth-order valence-electron chi connectivity index (χ4n) is 2.63. The molecule has 0 aliphatic rings. The fraction of sp³-hybridized carbons (Fsp3) is 0.263. The molecule has 0 spiro atoms. The molecule has 24 heavy (non-hydrogen) atoms. The monoisotopic (exact) mass is 322 g/mol. The van der Waals surface area contributed by atoms with Gasteiger partial charge in [-0.2, -0.15) is 4.98 Å². The molecule has 0 saturated carbocycles. The van der Waals surface area contributed by atoms with Gasteiger partial charge in [-0.3, -0.25) is 0 Å². The summed E-state index contributed by atoms with van der Waals surface area (Å²) >= 11 is 0. The van der Waals surface area contributed by atoms with Crippen LogP contribution in [0.1, 0.15) is 5.56 Å². The van der Waals surface area contributed by atoms with Gasteiger partial charge >= 0.3 is 0 Å². The zero-order chi connectivity index (χ0) is 16.9. The van der Waals surface area contributed by atoms with Gasteiger partial charge in [-0.1, -0.05) is 24.3 Å². The van der Waals surface area contributed by atoms with Crippen molar-refractivity contribution in [3.63, 3.8) is 0 Å². The third-order valence-electron chi connectivity index (χ3n) is 3.84. The molecule has 0 aliphatic carbocycles. The highest BCUT2D eigenvalue weighted by Gasteiger charge is 2.08. The van der Waals surface area contributed by atoms with Crippen LogP contribution in [0.15, 0.2) is 48.5 Å². The van der Waals surface area contributed by atoms with E-state index in [0.29, 0.717) is 5.95 Å². The molecule has 124 valence electrons. The van der Waals surface area contributed by atoms with Gasteiger partial charge in [-0.25, -0.2) is 4.98 Å². The maximum Gasteiger partial charge on any atom is 0.225 e. The molecule has 0 saturated heterocycles. The average molecular weight is 322 g/mol. The average Bonchev–Trinajstić information content (AvgIpc) is 2.61. The topological polar surface area (TPSA) is 50.3 Å². The van der Waals surface area contributed by atoms with Gasteiger partial charge in [0.15, 0.2) is 0 Å². The van der Waals surface area contributed by atoms with Crippen LogP contribution < -0.4 is 15.0 Å². The Bertz CT molecular complexity index is 832. The number of hydrogen-bond acceptors (Lipinski definition) is 5. The van der Waals surface area contributed by atoms with Crippen LogP contribution in [0.2, 0.25) is 0 Å². The molecule has 0 bridgehead atoms. The minimum absolute atomic E-state index is 0.653. The van der Waals surface area contributed by atoms with E-state index in [1.807, 2.05) is 61.5 Å². The van der Waals surface area contributed by atoms with Crippen LogP contribution in [0, 0.1) is 0 Å². The van der Waals surface area contributed by atoms with E-state index in [0.717, 1.165) is 35.4 Å². The molecule has 1 aromatic heterocycles. The van der Waals surface area contributed by atoms with E-state index < -0.39 is 0 Å². The number of nitrogens with zero attached hydrogens (tertiary/aromatic N) is 3. The van der Waals surface area contributed by atoms with Crippen molar-refractivity contribution in [2.75, 3.05) is 38.0 Å². The Morgan fingerprint density at radius 2 is 1.88 bits per heavy atom. The third-order valence-corrected chi connectivity index (χ3v) is 3.84. The number of nitrogens with one attached hydrogen (secondary N) is 1. The molecule has 5 nitrogen and oxygen atoms in total. The first kappa shape index (κ1) is 16.1. The zero-order valence-corrected chi connectivity index (χ0v) is 14.3. The molecule has 0 unspecified atom stereocenters. The highest BCUT2D eigenvalue weighted by atomic mass is 16.5. The smallest absolute Gasteiger partial charge is 0.225 e. The molecule has 1 N–H and O–H groups in total. The summed E-state index contributed by atoms with van der Waals surface area (Å²) in [7, 11) is 5.67. The van der Waals surface area contributed by atoms with Crippen molar-refractivity contribution in [1.82, 2.24) is 9.97 Å². The van der Waals surface area contributed by atoms with Crippen molar-refractivity contribution >= 4 is 22.7 Å². The van der Waals surface area contributed by atoms with Crippen LogP contribution >= 0.6 is 0 Å². The SMILES string of the molecule is COc1cccc(CCNc2nc(N(C)C)c3ccccc3n2)c1. The predicted octanol–water partition coefficient (Wildman–Crippen LogP) is 3.36. The largest absolute Gasteiger partial charge is 0.497 e. The number of hydrogen-bond donors (Lipinski definition) is 1. The van der Waals surface area contributed by atoms with Crippen LogP contribution in [-0.4, -0.2) is 37.7 Å². The number of anilines is 2. The lowest BCUT2D eigenvalue weighted by atomic mass is 10.1. The number of aromatic nitrogens is 2. The minimum Gasteiger partial charge on any atom is -0.497 e. The second-order valence-electron chi connectivity index (χ2n) is 5.81. The summed E-state index contributed by atoms with van der Waals surface area (Å²) in [5, 5.41) is 4.38. The first-order valence-corrected chi connectivity index (χ1v) is 7.98. The Balaban J connectivity index is 1.75. The quantitative estimate of drug-likeness (QED) is 0.754. The van der Waals surface area contributed by atoms with Gasteiger partial charge in [0, 0.05) is 26.0 Å². The molecule has 3 rings (SSSR count). The first-order valence-electron chi connectivity index (χ1n) is 7.98. The Labute approximate surface area is 142 Å². The Kier molecular flexibility index (Phi) is 4.79.